The van der Waals surface area contributed by atoms with E-state index < -0.39 is 29.3 Å². The topological polar surface area (TPSA) is 38.3 Å². The molecule has 0 aliphatic rings. The zero-order chi connectivity index (χ0) is 13.0. The minimum Gasteiger partial charge on any atom is -0.407 e. The lowest BCUT2D eigenvalue weighted by atomic mass is 10.3. The Morgan fingerprint density at radius 3 is 2.59 bits per heavy atom. The van der Waals surface area contributed by atoms with Crippen molar-refractivity contribution in [2.75, 3.05) is 0 Å². The van der Waals surface area contributed by atoms with Crippen LogP contribution in [0.4, 0.5) is 18.0 Å². The SMILES string of the molecule is CCC(C)NC(=O)Oc1ccc(F)c(F)c1F. The van der Waals surface area contributed by atoms with Crippen molar-refractivity contribution in [1.82, 2.24) is 5.32 Å². The minimum atomic E-state index is -1.67. The van der Waals surface area contributed by atoms with Crippen LogP contribution in [0.15, 0.2) is 12.1 Å². The second kappa shape index (κ2) is 5.56. The van der Waals surface area contributed by atoms with Crippen LogP contribution in [0, 0.1) is 17.5 Å². The largest absolute Gasteiger partial charge is 0.412 e. The molecule has 1 rings (SSSR count). The maximum Gasteiger partial charge on any atom is 0.412 e. The molecule has 6 heteroatoms. The number of ether oxygens (including phenoxy) is 1. The van der Waals surface area contributed by atoms with Crippen molar-refractivity contribution in [2.24, 2.45) is 0 Å². The van der Waals surface area contributed by atoms with E-state index in [2.05, 4.69) is 10.1 Å². The lowest BCUT2D eigenvalue weighted by Crippen LogP contribution is -2.34. The van der Waals surface area contributed by atoms with Gasteiger partial charge in [-0.1, -0.05) is 6.92 Å². The van der Waals surface area contributed by atoms with E-state index in [1.54, 1.807) is 6.92 Å². The normalized spacial score (nSPS) is 12.1. The molecule has 0 fully saturated rings. The molecule has 1 unspecified atom stereocenters. The monoisotopic (exact) mass is 247 g/mol. The Bertz CT molecular complexity index is 423. The molecule has 1 atom stereocenters. The average molecular weight is 247 g/mol. The van der Waals surface area contributed by atoms with Gasteiger partial charge in [0.05, 0.1) is 0 Å². The fraction of sp³-hybridized carbons (Fsp3) is 0.364. The van der Waals surface area contributed by atoms with E-state index in [-0.39, 0.29) is 6.04 Å². The van der Waals surface area contributed by atoms with Gasteiger partial charge in [0.2, 0.25) is 5.82 Å². The molecule has 1 aromatic carbocycles. The number of carbonyl (C=O) groups is 1. The summed E-state index contributed by atoms with van der Waals surface area (Å²) in [6.45, 7) is 3.56. The van der Waals surface area contributed by atoms with E-state index in [0.717, 1.165) is 6.07 Å². The van der Waals surface area contributed by atoms with Crippen LogP contribution in [-0.4, -0.2) is 12.1 Å². The van der Waals surface area contributed by atoms with Gasteiger partial charge in [0.1, 0.15) is 0 Å². The first-order valence-electron chi connectivity index (χ1n) is 5.07. The molecular weight excluding hydrogens is 235 g/mol. The molecule has 1 N–H and O–H groups in total. The second-order valence-electron chi connectivity index (χ2n) is 3.52. The van der Waals surface area contributed by atoms with Crippen LogP contribution in [-0.2, 0) is 0 Å². The van der Waals surface area contributed by atoms with Crippen LogP contribution < -0.4 is 10.1 Å². The van der Waals surface area contributed by atoms with Crippen LogP contribution in [0.2, 0.25) is 0 Å². The van der Waals surface area contributed by atoms with Gasteiger partial charge in [-0.2, -0.15) is 4.39 Å². The number of benzene rings is 1. The average Bonchev–Trinajstić information content (AvgIpc) is 2.29. The molecule has 0 spiro atoms. The van der Waals surface area contributed by atoms with Crippen molar-refractivity contribution >= 4 is 6.09 Å². The number of nitrogens with one attached hydrogen (secondary N) is 1. The van der Waals surface area contributed by atoms with Crippen LogP contribution in [0.25, 0.3) is 0 Å². The van der Waals surface area contributed by atoms with Gasteiger partial charge in [-0.25, -0.2) is 13.6 Å². The summed E-state index contributed by atoms with van der Waals surface area (Å²) >= 11 is 0. The lowest BCUT2D eigenvalue weighted by molar-refractivity contribution is 0.193. The van der Waals surface area contributed by atoms with Crippen molar-refractivity contribution in [3.63, 3.8) is 0 Å². The third-order valence-electron chi connectivity index (χ3n) is 2.18. The van der Waals surface area contributed by atoms with E-state index >= 15 is 0 Å². The highest BCUT2D eigenvalue weighted by atomic mass is 19.2. The number of hydrogen-bond acceptors (Lipinski definition) is 2. The van der Waals surface area contributed by atoms with Gasteiger partial charge in [0.15, 0.2) is 17.4 Å². The summed E-state index contributed by atoms with van der Waals surface area (Å²) < 4.78 is 43.0. The number of halogens is 3. The Balaban J connectivity index is 2.76. The van der Waals surface area contributed by atoms with Crippen LogP contribution >= 0.6 is 0 Å². The minimum absolute atomic E-state index is 0.157. The first-order valence-corrected chi connectivity index (χ1v) is 5.07. The Labute approximate surface area is 96.6 Å². The highest BCUT2D eigenvalue weighted by Crippen LogP contribution is 2.21. The highest BCUT2D eigenvalue weighted by Gasteiger charge is 2.17. The first-order chi connectivity index (χ1) is 7.95. The molecule has 17 heavy (non-hydrogen) atoms. The van der Waals surface area contributed by atoms with E-state index in [9.17, 15) is 18.0 Å². The zero-order valence-corrected chi connectivity index (χ0v) is 9.39. The molecule has 0 bridgehead atoms. The predicted octanol–water partition coefficient (Wildman–Crippen LogP) is 2.99. The molecule has 0 heterocycles. The van der Waals surface area contributed by atoms with Crippen LogP contribution in [0.1, 0.15) is 20.3 Å². The molecule has 0 aliphatic heterocycles. The second-order valence-corrected chi connectivity index (χ2v) is 3.52. The molecule has 94 valence electrons. The smallest absolute Gasteiger partial charge is 0.407 e. The van der Waals surface area contributed by atoms with E-state index in [1.807, 2.05) is 6.92 Å². The van der Waals surface area contributed by atoms with E-state index in [4.69, 9.17) is 0 Å². The fourth-order valence-corrected chi connectivity index (χ4v) is 1.02. The van der Waals surface area contributed by atoms with Gasteiger partial charge in [-0.05, 0) is 25.5 Å². The Morgan fingerprint density at radius 1 is 1.35 bits per heavy atom. The third kappa shape index (κ3) is 3.37. The molecule has 0 aliphatic carbocycles. The maximum absolute atomic E-state index is 13.1. The zero-order valence-electron chi connectivity index (χ0n) is 9.39. The summed E-state index contributed by atoms with van der Waals surface area (Å²) in [7, 11) is 0. The van der Waals surface area contributed by atoms with Gasteiger partial charge in [-0.3, -0.25) is 0 Å². The van der Waals surface area contributed by atoms with Crippen molar-refractivity contribution < 1.29 is 22.7 Å². The van der Waals surface area contributed by atoms with Crippen molar-refractivity contribution in [1.29, 1.82) is 0 Å². The van der Waals surface area contributed by atoms with E-state index in [0.29, 0.717) is 12.5 Å². The van der Waals surface area contributed by atoms with Crippen molar-refractivity contribution in [3.8, 4) is 5.75 Å². The standard InChI is InChI=1S/C11H12F3NO2/c1-3-6(2)15-11(16)17-8-5-4-7(12)9(13)10(8)14/h4-6H,3H2,1-2H3,(H,15,16). The quantitative estimate of drug-likeness (QED) is 0.834. The summed E-state index contributed by atoms with van der Waals surface area (Å²) in [5.74, 6) is -5.18. The molecule has 1 aromatic rings. The molecule has 3 nitrogen and oxygen atoms in total. The number of amides is 1. The summed E-state index contributed by atoms with van der Waals surface area (Å²) in [6, 6.07) is 1.38. The molecule has 0 saturated carbocycles. The predicted molar refractivity (Wildman–Crippen MR) is 55.2 cm³/mol. The molecule has 0 saturated heterocycles. The number of rotatable bonds is 3. The van der Waals surface area contributed by atoms with Crippen molar-refractivity contribution in [3.05, 3.63) is 29.6 Å². The van der Waals surface area contributed by atoms with Crippen molar-refractivity contribution in [2.45, 2.75) is 26.3 Å². The van der Waals surface area contributed by atoms with Crippen LogP contribution in [0.3, 0.4) is 0 Å². The van der Waals surface area contributed by atoms with Gasteiger partial charge in [0.25, 0.3) is 0 Å². The van der Waals surface area contributed by atoms with Crippen LogP contribution in [0.5, 0.6) is 5.75 Å². The summed E-state index contributed by atoms with van der Waals surface area (Å²) in [6.07, 6.45) is -0.251. The summed E-state index contributed by atoms with van der Waals surface area (Å²) in [5.41, 5.74) is 0. The maximum atomic E-state index is 13.1. The van der Waals surface area contributed by atoms with Gasteiger partial charge >= 0.3 is 6.09 Å². The number of carbonyl (C=O) groups excluding carboxylic acids is 1. The molecular formula is C11H12F3NO2. The molecule has 1 amide bonds. The van der Waals surface area contributed by atoms with Gasteiger partial charge < -0.3 is 10.1 Å². The third-order valence-corrected chi connectivity index (χ3v) is 2.18. The van der Waals surface area contributed by atoms with E-state index in [1.165, 1.54) is 0 Å². The lowest BCUT2D eigenvalue weighted by Gasteiger charge is -2.11. The van der Waals surface area contributed by atoms with Gasteiger partial charge in [0, 0.05) is 6.04 Å². The molecule has 0 aromatic heterocycles. The number of hydrogen-bond donors (Lipinski definition) is 1. The Hall–Kier alpha value is -1.72. The van der Waals surface area contributed by atoms with Gasteiger partial charge in [-0.15, -0.1) is 0 Å². The summed E-state index contributed by atoms with van der Waals surface area (Å²) in [5, 5.41) is 2.40. The fourth-order valence-electron chi connectivity index (χ4n) is 1.02. The Kier molecular flexibility index (Phi) is 4.37. The highest BCUT2D eigenvalue weighted by molar-refractivity contribution is 5.70. The Morgan fingerprint density at radius 2 is 2.00 bits per heavy atom. The summed E-state index contributed by atoms with van der Waals surface area (Å²) in [4.78, 5) is 11.2. The molecule has 0 radical (unpaired) electrons. The first kappa shape index (κ1) is 13.3.